The van der Waals surface area contributed by atoms with Gasteiger partial charge < -0.3 is 14.7 Å². The van der Waals surface area contributed by atoms with Gasteiger partial charge in [0.2, 0.25) is 5.91 Å². The quantitative estimate of drug-likeness (QED) is 0.759. The van der Waals surface area contributed by atoms with Gasteiger partial charge in [-0.25, -0.2) is 0 Å². The second-order valence-corrected chi connectivity index (χ2v) is 4.91. The van der Waals surface area contributed by atoms with Gasteiger partial charge in [-0.1, -0.05) is 19.1 Å². The molecule has 0 radical (unpaired) electrons. The average Bonchev–Trinajstić information content (AvgIpc) is 2.47. The molecule has 116 valence electrons. The number of aryl methyl sites for hydroxylation is 1. The Hall–Kier alpha value is -2.04. The maximum absolute atomic E-state index is 12.0. The van der Waals surface area contributed by atoms with E-state index in [0.29, 0.717) is 19.4 Å². The zero-order chi connectivity index (χ0) is 15.7. The van der Waals surface area contributed by atoms with E-state index in [2.05, 4.69) is 0 Å². The number of ether oxygens (including phenoxy) is 1. The lowest BCUT2D eigenvalue weighted by Gasteiger charge is -2.19. The van der Waals surface area contributed by atoms with Crippen LogP contribution < -0.4 is 4.74 Å². The van der Waals surface area contributed by atoms with Crippen molar-refractivity contribution in [3.63, 3.8) is 0 Å². The van der Waals surface area contributed by atoms with E-state index in [-0.39, 0.29) is 12.5 Å². The number of hydrogen-bond donors (Lipinski definition) is 1. The Bertz CT molecular complexity index is 456. The molecule has 0 aliphatic heterocycles. The van der Waals surface area contributed by atoms with Crippen LogP contribution in [0, 0.1) is 0 Å². The highest BCUT2D eigenvalue weighted by molar-refractivity contribution is 5.81. The van der Waals surface area contributed by atoms with E-state index in [0.717, 1.165) is 24.2 Å². The molecule has 0 bridgehead atoms. The summed E-state index contributed by atoms with van der Waals surface area (Å²) in [6.45, 7) is 2.21. The molecule has 0 saturated carbocycles. The summed E-state index contributed by atoms with van der Waals surface area (Å²) in [5.74, 6) is -0.245. The molecule has 0 aliphatic carbocycles. The van der Waals surface area contributed by atoms with Crippen LogP contribution in [0.2, 0.25) is 0 Å². The normalized spacial score (nSPS) is 10.2. The first-order valence-corrected chi connectivity index (χ1v) is 7.19. The van der Waals surface area contributed by atoms with Crippen LogP contribution in [-0.2, 0) is 16.0 Å². The van der Waals surface area contributed by atoms with Gasteiger partial charge in [-0.2, -0.15) is 0 Å². The van der Waals surface area contributed by atoms with Crippen LogP contribution in [0.4, 0.5) is 0 Å². The Labute approximate surface area is 125 Å². The molecule has 5 nitrogen and oxygen atoms in total. The van der Waals surface area contributed by atoms with Crippen LogP contribution in [0.3, 0.4) is 0 Å². The van der Waals surface area contributed by atoms with Crippen molar-refractivity contribution in [2.24, 2.45) is 0 Å². The molecule has 5 heteroatoms. The first-order chi connectivity index (χ1) is 10.1. The Kier molecular flexibility index (Phi) is 7.29. The molecule has 0 aromatic heterocycles. The van der Waals surface area contributed by atoms with E-state index in [4.69, 9.17) is 9.84 Å². The van der Waals surface area contributed by atoms with Crippen LogP contribution in [0.5, 0.6) is 5.75 Å². The fourth-order valence-electron chi connectivity index (χ4n) is 2.12. The van der Waals surface area contributed by atoms with Crippen molar-refractivity contribution in [2.75, 3.05) is 20.2 Å². The SMILES string of the molecule is CCCN(CC(=O)O)C(=O)CCCc1ccc(OC)cc1. The lowest BCUT2D eigenvalue weighted by molar-refractivity contribution is -0.144. The lowest BCUT2D eigenvalue weighted by Crippen LogP contribution is -2.36. The Balaban J connectivity index is 2.41. The molecule has 0 fully saturated rings. The molecular formula is C16H23NO4. The molecule has 1 amide bonds. The molecule has 1 rings (SSSR count). The Morgan fingerprint density at radius 1 is 1.24 bits per heavy atom. The summed E-state index contributed by atoms with van der Waals surface area (Å²) in [6, 6.07) is 7.74. The van der Waals surface area contributed by atoms with Gasteiger partial charge in [0.15, 0.2) is 0 Å². The average molecular weight is 293 g/mol. The predicted octanol–water partition coefficient (Wildman–Crippen LogP) is 2.34. The van der Waals surface area contributed by atoms with Crippen molar-refractivity contribution in [1.29, 1.82) is 0 Å². The summed E-state index contributed by atoms with van der Waals surface area (Å²) in [4.78, 5) is 24.2. The maximum atomic E-state index is 12.0. The van der Waals surface area contributed by atoms with Crippen molar-refractivity contribution in [1.82, 2.24) is 4.90 Å². The highest BCUT2D eigenvalue weighted by Crippen LogP contribution is 2.13. The highest BCUT2D eigenvalue weighted by atomic mass is 16.5. The van der Waals surface area contributed by atoms with Crippen molar-refractivity contribution in [3.05, 3.63) is 29.8 Å². The van der Waals surface area contributed by atoms with Gasteiger partial charge in [0, 0.05) is 13.0 Å². The summed E-state index contributed by atoms with van der Waals surface area (Å²) in [5.41, 5.74) is 1.14. The minimum atomic E-state index is -0.966. The minimum Gasteiger partial charge on any atom is -0.497 e. The second-order valence-electron chi connectivity index (χ2n) is 4.91. The lowest BCUT2D eigenvalue weighted by atomic mass is 10.1. The van der Waals surface area contributed by atoms with E-state index >= 15 is 0 Å². The van der Waals surface area contributed by atoms with Gasteiger partial charge in [-0.15, -0.1) is 0 Å². The number of methoxy groups -OCH3 is 1. The van der Waals surface area contributed by atoms with Crippen LogP contribution >= 0.6 is 0 Å². The topological polar surface area (TPSA) is 66.8 Å². The molecule has 21 heavy (non-hydrogen) atoms. The van der Waals surface area contributed by atoms with Crippen LogP contribution in [0.15, 0.2) is 24.3 Å². The number of carbonyl (C=O) groups excluding carboxylic acids is 1. The standard InChI is InChI=1S/C16H23NO4/c1-3-11-17(12-16(19)20)15(18)6-4-5-13-7-9-14(21-2)10-8-13/h7-10H,3-6,11-12H2,1-2H3,(H,19,20). The fourth-order valence-corrected chi connectivity index (χ4v) is 2.12. The molecule has 1 aromatic carbocycles. The van der Waals surface area contributed by atoms with E-state index in [1.165, 1.54) is 4.90 Å². The second kappa shape index (κ2) is 9.00. The number of aliphatic carboxylic acids is 1. The van der Waals surface area contributed by atoms with E-state index in [1.54, 1.807) is 7.11 Å². The van der Waals surface area contributed by atoms with Crippen LogP contribution in [-0.4, -0.2) is 42.1 Å². The number of carbonyl (C=O) groups is 2. The molecule has 0 heterocycles. The van der Waals surface area contributed by atoms with Crippen LogP contribution in [0.25, 0.3) is 0 Å². The first-order valence-electron chi connectivity index (χ1n) is 7.19. The van der Waals surface area contributed by atoms with Crippen molar-refractivity contribution >= 4 is 11.9 Å². The Morgan fingerprint density at radius 2 is 1.90 bits per heavy atom. The third-order valence-corrected chi connectivity index (χ3v) is 3.19. The number of benzene rings is 1. The predicted molar refractivity (Wildman–Crippen MR) is 80.4 cm³/mol. The number of carboxylic acid groups (broad SMARTS) is 1. The van der Waals surface area contributed by atoms with Gasteiger partial charge in [0.05, 0.1) is 7.11 Å². The van der Waals surface area contributed by atoms with Gasteiger partial charge in [-0.05, 0) is 37.0 Å². The number of hydrogen-bond acceptors (Lipinski definition) is 3. The van der Waals surface area contributed by atoms with Gasteiger partial charge in [0.1, 0.15) is 12.3 Å². The summed E-state index contributed by atoms with van der Waals surface area (Å²) in [7, 11) is 1.62. The first kappa shape index (κ1) is 17.0. The summed E-state index contributed by atoms with van der Waals surface area (Å²) in [6.07, 6.45) is 2.64. The van der Waals surface area contributed by atoms with Crippen molar-refractivity contribution in [2.45, 2.75) is 32.6 Å². The molecule has 0 saturated heterocycles. The van der Waals surface area contributed by atoms with Crippen molar-refractivity contribution < 1.29 is 19.4 Å². The molecule has 0 unspecified atom stereocenters. The molecule has 1 aromatic rings. The van der Waals surface area contributed by atoms with E-state index in [9.17, 15) is 9.59 Å². The number of rotatable bonds is 9. The van der Waals surface area contributed by atoms with Gasteiger partial charge in [-0.3, -0.25) is 9.59 Å². The van der Waals surface area contributed by atoms with E-state index in [1.807, 2.05) is 31.2 Å². The van der Waals surface area contributed by atoms with Crippen molar-refractivity contribution in [3.8, 4) is 5.75 Å². The third kappa shape index (κ3) is 6.29. The Morgan fingerprint density at radius 3 is 2.43 bits per heavy atom. The molecular weight excluding hydrogens is 270 g/mol. The monoisotopic (exact) mass is 293 g/mol. The molecule has 0 aliphatic rings. The van der Waals surface area contributed by atoms with Crippen LogP contribution in [0.1, 0.15) is 31.7 Å². The zero-order valence-corrected chi connectivity index (χ0v) is 12.7. The summed E-state index contributed by atoms with van der Waals surface area (Å²) >= 11 is 0. The summed E-state index contributed by atoms with van der Waals surface area (Å²) in [5, 5.41) is 8.81. The third-order valence-electron chi connectivity index (χ3n) is 3.19. The zero-order valence-electron chi connectivity index (χ0n) is 12.7. The smallest absolute Gasteiger partial charge is 0.323 e. The minimum absolute atomic E-state index is 0.0900. The van der Waals surface area contributed by atoms with E-state index < -0.39 is 5.97 Å². The molecule has 1 N–H and O–H groups in total. The molecule has 0 atom stereocenters. The molecule has 0 spiro atoms. The van der Waals surface area contributed by atoms with Gasteiger partial charge >= 0.3 is 5.97 Å². The maximum Gasteiger partial charge on any atom is 0.323 e. The highest BCUT2D eigenvalue weighted by Gasteiger charge is 2.15. The summed E-state index contributed by atoms with van der Waals surface area (Å²) < 4.78 is 5.09. The fraction of sp³-hybridized carbons (Fsp3) is 0.500. The number of carboxylic acids is 1. The van der Waals surface area contributed by atoms with Gasteiger partial charge in [0.25, 0.3) is 0 Å². The number of amides is 1. The largest absolute Gasteiger partial charge is 0.497 e. The number of nitrogens with zero attached hydrogens (tertiary/aromatic N) is 1.